The molecule has 26 heavy (non-hydrogen) atoms. The maximum Gasteiger partial charge on any atom is 0.113 e. The molecule has 0 saturated carbocycles. The van der Waals surface area contributed by atoms with Crippen LogP contribution < -0.4 is 4.90 Å². The summed E-state index contributed by atoms with van der Waals surface area (Å²) < 4.78 is 2.00. The van der Waals surface area contributed by atoms with Gasteiger partial charge in [-0.2, -0.15) is 0 Å². The van der Waals surface area contributed by atoms with Crippen LogP contribution in [0.1, 0.15) is 6.42 Å². The highest BCUT2D eigenvalue weighted by atomic mass is 35.5. The summed E-state index contributed by atoms with van der Waals surface area (Å²) in [4.78, 5) is 4.81. The maximum absolute atomic E-state index is 6.35. The zero-order valence-corrected chi connectivity index (χ0v) is 16.0. The number of hydrogen-bond donors (Lipinski definition) is 0. The van der Waals surface area contributed by atoms with Crippen LogP contribution in [-0.2, 0) is 6.54 Å². The van der Waals surface area contributed by atoms with Crippen molar-refractivity contribution >= 4 is 39.9 Å². The SMILES string of the molecule is Clc1cccc(N2CCN(CCCn3nnc4ccccc43)CC2)c1Cl. The van der Waals surface area contributed by atoms with Crippen LogP contribution in [-0.4, -0.2) is 52.6 Å². The Morgan fingerprint density at radius 3 is 2.54 bits per heavy atom. The van der Waals surface area contributed by atoms with Gasteiger partial charge in [-0.25, -0.2) is 4.68 Å². The summed E-state index contributed by atoms with van der Waals surface area (Å²) in [6, 6.07) is 13.9. The van der Waals surface area contributed by atoms with E-state index in [-0.39, 0.29) is 0 Å². The van der Waals surface area contributed by atoms with Crippen molar-refractivity contribution in [1.29, 1.82) is 0 Å². The number of nitrogens with zero attached hydrogens (tertiary/aromatic N) is 5. The van der Waals surface area contributed by atoms with Crippen LogP contribution in [0.4, 0.5) is 5.69 Å². The quantitative estimate of drug-likeness (QED) is 0.661. The molecule has 0 radical (unpaired) electrons. The molecular weight excluding hydrogens is 369 g/mol. The second-order valence-electron chi connectivity index (χ2n) is 6.56. The highest BCUT2D eigenvalue weighted by Gasteiger charge is 2.19. The first-order valence-corrected chi connectivity index (χ1v) is 9.67. The van der Waals surface area contributed by atoms with E-state index in [1.807, 2.05) is 41.1 Å². The molecule has 1 aliphatic heterocycles. The number of rotatable bonds is 5. The Morgan fingerprint density at radius 2 is 1.69 bits per heavy atom. The van der Waals surface area contributed by atoms with E-state index < -0.39 is 0 Å². The third-order valence-corrected chi connectivity index (χ3v) is 5.72. The Balaban J connectivity index is 1.28. The lowest BCUT2D eigenvalue weighted by Crippen LogP contribution is -2.46. The summed E-state index contributed by atoms with van der Waals surface area (Å²) in [5, 5.41) is 9.74. The van der Waals surface area contributed by atoms with Crippen LogP contribution in [0.2, 0.25) is 10.0 Å². The van der Waals surface area contributed by atoms with Gasteiger partial charge in [0.05, 0.1) is 21.2 Å². The van der Waals surface area contributed by atoms with Gasteiger partial charge in [-0.05, 0) is 30.7 Å². The Labute approximate surface area is 163 Å². The first kappa shape index (κ1) is 17.6. The molecule has 0 unspecified atom stereocenters. The number of aryl methyl sites for hydroxylation is 1. The van der Waals surface area contributed by atoms with Gasteiger partial charge in [0.1, 0.15) is 5.52 Å². The molecule has 0 atom stereocenters. The van der Waals surface area contributed by atoms with Crippen LogP contribution in [0, 0.1) is 0 Å². The van der Waals surface area contributed by atoms with E-state index >= 15 is 0 Å². The van der Waals surface area contributed by atoms with Crippen LogP contribution in [0.5, 0.6) is 0 Å². The normalized spacial score (nSPS) is 15.7. The van der Waals surface area contributed by atoms with Gasteiger partial charge in [0.25, 0.3) is 0 Å². The second-order valence-corrected chi connectivity index (χ2v) is 7.34. The first-order chi connectivity index (χ1) is 12.7. The average Bonchev–Trinajstić information content (AvgIpc) is 3.08. The summed E-state index contributed by atoms with van der Waals surface area (Å²) in [6.07, 6.45) is 1.06. The van der Waals surface area contributed by atoms with Gasteiger partial charge in [0.2, 0.25) is 0 Å². The van der Waals surface area contributed by atoms with Crippen molar-refractivity contribution in [2.75, 3.05) is 37.6 Å². The van der Waals surface area contributed by atoms with Crippen molar-refractivity contribution in [3.63, 3.8) is 0 Å². The molecule has 0 bridgehead atoms. The maximum atomic E-state index is 6.35. The Morgan fingerprint density at radius 1 is 0.885 bits per heavy atom. The molecule has 3 aromatic rings. The molecule has 2 aromatic carbocycles. The fourth-order valence-corrected chi connectivity index (χ4v) is 3.89. The molecule has 7 heteroatoms. The lowest BCUT2D eigenvalue weighted by atomic mass is 10.2. The molecule has 1 aromatic heterocycles. The summed E-state index contributed by atoms with van der Waals surface area (Å²) in [6.45, 7) is 5.94. The van der Waals surface area contributed by atoms with E-state index in [2.05, 4.69) is 26.2 Å². The van der Waals surface area contributed by atoms with Crippen molar-refractivity contribution in [2.45, 2.75) is 13.0 Å². The molecule has 1 saturated heterocycles. The van der Waals surface area contributed by atoms with Gasteiger partial charge in [-0.3, -0.25) is 4.90 Å². The van der Waals surface area contributed by atoms with E-state index in [9.17, 15) is 0 Å². The number of halogens is 2. The van der Waals surface area contributed by atoms with E-state index in [1.165, 1.54) is 0 Å². The molecule has 0 N–H and O–H groups in total. The standard InChI is InChI=1S/C19H21Cl2N5/c20-15-5-3-8-18(19(15)21)25-13-11-24(12-14-25)9-4-10-26-17-7-2-1-6-16(17)22-23-26/h1-3,5-8H,4,9-14H2. The minimum atomic E-state index is 0.617. The first-order valence-electron chi connectivity index (χ1n) is 8.92. The lowest BCUT2D eigenvalue weighted by molar-refractivity contribution is 0.249. The van der Waals surface area contributed by atoms with E-state index in [4.69, 9.17) is 23.2 Å². The number of benzene rings is 2. The van der Waals surface area contributed by atoms with Crippen molar-refractivity contribution in [3.05, 3.63) is 52.5 Å². The number of fused-ring (bicyclic) bond motifs is 1. The van der Waals surface area contributed by atoms with Crippen LogP contribution in [0.15, 0.2) is 42.5 Å². The van der Waals surface area contributed by atoms with E-state index in [0.29, 0.717) is 10.0 Å². The molecule has 0 spiro atoms. The summed E-state index contributed by atoms with van der Waals surface area (Å²) >= 11 is 12.5. The fraction of sp³-hybridized carbons (Fsp3) is 0.368. The molecule has 5 nitrogen and oxygen atoms in total. The van der Waals surface area contributed by atoms with Gasteiger partial charge in [0, 0.05) is 39.3 Å². The van der Waals surface area contributed by atoms with Crippen molar-refractivity contribution in [2.24, 2.45) is 0 Å². The molecule has 2 heterocycles. The van der Waals surface area contributed by atoms with E-state index in [0.717, 1.165) is 62.4 Å². The van der Waals surface area contributed by atoms with Crippen molar-refractivity contribution in [3.8, 4) is 0 Å². The van der Waals surface area contributed by atoms with Crippen molar-refractivity contribution in [1.82, 2.24) is 19.9 Å². The van der Waals surface area contributed by atoms with E-state index in [1.54, 1.807) is 0 Å². The highest BCUT2D eigenvalue weighted by molar-refractivity contribution is 6.43. The van der Waals surface area contributed by atoms with Gasteiger partial charge in [-0.1, -0.05) is 46.6 Å². The van der Waals surface area contributed by atoms with Gasteiger partial charge in [-0.15, -0.1) is 5.10 Å². The predicted octanol–water partition coefficient (Wildman–Crippen LogP) is 3.95. The van der Waals surface area contributed by atoms with Gasteiger partial charge < -0.3 is 4.90 Å². The molecular formula is C19H21Cl2N5. The lowest BCUT2D eigenvalue weighted by Gasteiger charge is -2.36. The minimum Gasteiger partial charge on any atom is -0.368 e. The van der Waals surface area contributed by atoms with Crippen molar-refractivity contribution < 1.29 is 0 Å². The molecule has 4 rings (SSSR count). The Bertz CT molecular complexity index is 887. The third-order valence-electron chi connectivity index (χ3n) is 4.91. The summed E-state index contributed by atoms with van der Waals surface area (Å²) in [5.74, 6) is 0. The Kier molecular flexibility index (Phi) is 5.29. The highest BCUT2D eigenvalue weighted by Crippen LogP contribution is 2.32. The molecule has 0 amide bonds. The topological polar surface area (TPSA) is 37.2 Å². The average molecular weight is 390 g/mol. The number of para-hydroxylation sites is 1. The number of anilines is 1. The smallest absolute Gasteiger partial charge is 0.113 e. The fourth-order valence-electron chi connectivity index (χ4n) is 3.48. The summed E-state index contributed by atoms with van der Waals surface area (Å²) in [5.41, 5.74) is 3.10. The van der Waals surface area contributed by atoms with Gasteiger partial charge >= 0.3 is 0 Å². The number of aromatic nitrogens is 3. The predicted molar refractivity (Wildman–Crippen MR) is 107 cm³/mol. The molecule has 136 valence electrons. The molecule has 1 aliphatic rings. The monoisotopic (exact) mass is 389 g/mol. The second kappa shape index (κ2) is 7.82. The number of piperazine rings is 1. The zero-order chi connectivity index (χ0) is 17.9. The van der Waals surface area contributed by atoms with Gasteiger partial charge in [0.15, 0.2) is 0 Å². The molecule has 1 fully saturated rings. The minimum absolute atomic E-state index is 0.617. The largest absolute Gasteiger partial charge is 0.368 e. The number of hydrogen-bond acceptors (Lipinski definition) is 4. The summed E-state index contributed by atoms with van der Waals surface area (Å²) in [7, 11) is 0. The van der Waals surface area contributed by atoms with Crippen LogP contribution >= 0.6 is 23.2 Å². The zero-order valence-electron chi connectivity index (χ0n) is 14.5. The van der Waals surface area contributed by atoms with Crippen LogP contribution in [0.3, 0.4) is 0 Å². The molecule has 0 aliphatic carbocycles. The Hall–Kier alpha value is -1.82. The third kappa shape index (κ3) is 3.65. The van der Waals surface area contributed by atoms with Crippen LogP contribution in [0.25, 0.3) is 11.0 Å².